The van der Waals surface area contributed by atoms with Crippen molar-refractivity contribution in [2.45, 2.75) is 70.4 Å². The highest BCUT2D eigenvalue weighted by atomic mass is 16.6. The first-order chi connectivity index (χ1) is 22.6. The van der Waals surface area contributed by atoms with Crippen molar-refractivity contribution >= 4 is 17.9 Å². The summed E-state index contributed by atoms with van der Waals surface area (Å²) < 4.78 is 5.50. The van der Waals surface area contributed by atoms with Crippen LogP contribution in [0.2, 0.25) is 0 Å². The molecule has 0 aliphatic heterocycles. The molecule has 0 saturated carbocycles. The van der Waals surface area contributed by atoms with E-state index in [4.69, 9.17) is 4.74 Å². The summed E-state index contributed by atoms with van der Waals surface area (Å²) in [7, 11) is 0. The molecule has 0 bridgehead atoms. The Bertz CT molecular complexity index is 1540. The number of aliphatic hydroxyl groups is 1. The van der Waals surface area contributed by atoms with E-state index in [1.165, 1.54) is 0 Å². The van der Waals surface area contributed by atoms with Crippen molar-refractivity contribution in [1.82, 2.24) is 16.0 Å². The van der Waals surface area contributed by atoms with E-state index < -0.39 is 35.8 Å². The van der Waals surface area contributed by atoms with Gasteiger partial charge in [-0.1, -0.05) is 121 Å². The van der Waals surface area contributed by atoms with Crippen molar-refractivity contribution < 1.29 is 24.2 Å². The summed E-state index contributed by atoms with van der Waals surface area (Å²) >= 11 is 0. The zero-order valence-corrected chi connectivity index (χ0v) is 27.3. The third-order valence-electron chi connectivity index (χ3n) is 7.68. The highest BCUT2D eigenvalue weighted by Gasteiger charge is 2.32. The molecule has 8 heteroatoms. The Balaban J connectivity index is 1.57. The standard InChI is InChI=1S/C39H45N3O5/c1-39(2,3)47-38(46)41-33(25-29-18-10-5-11-19-29)34(43)26-32(24-28-16-8-4-9-17-28)36(44)42-35(31-22-14-7-15-23-31)37(45)40-27-30-20-12-6-13-21-30/h4-23,32-35,43H,24-27H2,1-3H3,(H,40,45)(H,41,46)(H,42,44)/t32-,33+,34+,35+/m1/s1. The molecule has 8 nitrogen and oxygen atoms in total. The van der Waals surface area contributed by atoms with Gasteiger partial charge in [-0.15, -0.1) is 0 Å². The Hall–Kier alpha value is -4.95. The average Bonchev–Trinajstić information content (AvgIpc) is 3.06. The van der Waals surface area contributed by atoms with Gasteiger partial charge < -0.3 is 25.8 Å². The number of ether oxygens (including phenoxy) is 1. The highest BCUT2D eigenvalue weighted by molar-refractivity contribution is 5.89. The summed E-state index contributed by atoms with van der Waals surface area (Å²) in [6, 6.07) is 36.0. The minimum Gasteiger partial charge on any atom is -0.444 e. The third kappa shape index (κ3) is 11.7. The number of hydrogen-bond acceptors (Lipinski definition) is 5. The molecule has 4 atom stereocenters. The van der Waals surface area contributed by atoms with Gasteiger partial charge in [0.2, 0.25) is 11.8 Å². The summed E-state index contributed by atoms with van der Waals surface area (Å²) in [6.07, 6.45) is -1.08. The molecule has 4 aromatic carbocycles. The lowest BCUT2D eigenvalue weighted by molar-refractivity contribution is -0.132. The first-order valence-electron chi connectivity index (χ1n) is 16.0. The fourth-order valence-electron chi connectivity index (χ4n) is 5.34. The largest absolute Gasteiger partial charge is 0.444 e. The van der Waals surface area contributed by atoms with E-state index >= 15 is 0 Å². The predicted octanol–water partition coefficient (Wildman–Crippen LogP) is 5.91. The maximum Gasteiger partial charge on any atom is 0.407 e. The molecule has 0 unspecified atom stereocenters. The summed E-state index contributed by atoms with van der Waals surface area (Å²) in [5, 5.41) is 20.4. The monoisotopic (exact) mass is 635 g/mol. The molecule has 246 valence electrons. The van der Waals surface area contributed by atoms with Crippen molar-refractivity contribution in [3.63, 3.8) is 0 Å². The molecule has 0 aromatic heterocycles. The van der Waals surface area contributed by atoms with Gasteiger partial charge in [-0.25, -0.2) is 4.79 Å². The minimum absolute atomic E-state index is 0.0289. The van der Waals surface area contributed by atoms with Crippen LogP contribution < -0.4 is 16.0 Å². The summed E-state index contributed by atoms with van der Waals surface area (Å²) in [6.45, 7) is 5.63. The van der Waals surface area contributed by atoms with Crippen LogP contribution in [0, 0.1) is 5.92 Å². The third-order valence-corrected chi connectivity index (χ3v) is 7.68. The summed E-state index contributed by atoms with van der Waals surface area (Å²) in [4.78, 5) is 40.5. The normalized spacial score (nSPS) is 13.8. The highest BCUT2D eigenvalue weighted by Crippen LogP contribution is 2.22. The van der Waals surface area contributed by atoms with Crippen LogP contribution in [0.4, 0.5) is 4.79 Å². The Morgan fingerprint density at radius 2 is 1.15 bits per heavy atom. The zero-order chi connectivity index (χ0) is 33.6. The van der Waals surface area contributed by atoms with E-state index in [0.29, 0.717) is 24.9 Å². The first-order valence-corrected chi connectivity index (χ1v) is 16.0. The first kappa shape index (κ1) is 34.9. The molecule has 0 spiro atoms. The second kappa shape index (κ2) is 17.1. The smallest absolute Gasteiger partial charge is 0.407 e. The molecule has 4 rings (SSSR count). The van der Waals surface area contributed by atoms with E-state index in [2.05, 4.69) is 16.0 Å². The lowest BCUT2D eigenvalue weighted by Gasteiger charge is -2.29. The van der Waals surface area contributed by atoms with E-state index in [1.54, 1.807) is 32.9 Å². The number of aliphatic hydroxyl groups excluding tert-OH is 1. The molecule has 0 heterocycles. The van der Waals surface area contributed by atoms with Crippen molar-refractivity contribution in [2.75, 3.05) is 0 Å². The maximum atomic E-state index is 14.1. The molecule has 0 fully saturated rings. The molecular weight excluding hydrogens is 590 g/mol. The molecule has 3 amide bonds. The molecule has 0 radical (unpaired) electrons. The fourth-order valence-corrected chi connectivity index (χ4v) is 5.34. The number of benzene rings is 4. The SMILES string of the molecule is CC(C)(C)OC(=O)N[C@@H](Cc1ccccc1)[C@@H](O)C[C@@H](Cc1ccccc1)C(=O)N[C@H](C(=O)NCc1ccccc1)c1ccccc1. The van der Waals surface area contributed by atoms with Crippen LogP contribution in [-0.4, -0.2) is 40.8 Å². The van der Waals surface area contributed by atoms with Crippen LogP contribution in [0.25, 0.3) is 0 Å². The number of carbonyl (C=O) groups is 3. The zero-order valence-electron chi connectivity index (χ0n) is 27.3. The number of hydrogen-bond donors (Lipinski definition) is 4. The van der Waals surface area contributed by atoms with Crippen LogP contribution in [0.15, 0.2) is 121 Å². The summed E-state index contributed by atoms with van der Waals surface area (Å²) in [5.41, 5.74) is 2.67. The molecular formula is C39H45N3O5. The van der Waals surface area contributed by atoms with E-state index in [-0.39, 0.29) is 18.2 Å². The molecule has 4 N–H and O–H groups in total. The van der Waals surface area contributed by atoms with Gasteiger partial charge in [-0.05, 0) is 62.3 Å². The minimum atomic E-state index is -1.11. The Morgan fingerprint density at radius 3 is 1.68 bits per heavy atom. The second-order valence-corrected chi connectivity index (χ2v) is 12.7. The quantitative estimate of drug-likeness (QED) is 0.138. The lowest BCUT2D eigenvalue weighted by Crippen LogP contribution is -2.49. The second-order valence-electron chi connectivity index (χ2n) is 12.7. The molecule has 0 aliphatic rings. The molecule has 47 heavy (non-hydrogen) atoms. The number of carbonyl (C=O) groups excluding carboxylic acids is 3. The summed E-state index contributed by atoms with van der Waals surface area (Å²) in [5.74, 6) is -1.45. The Labute approximate surface area is 277 Å². The topological polar surface area (TPSA) is 117 Å². The van der Waals surface area contributed by atoms with E-state index in [1.807, 2.05) is 109 Å². The van der Waals surface area contributed by atoms with Gasteiger partial charge in [-0.3, -0.25) is 9.59 Å². The van der Waals surface area contributed by atoms with Gasteiger partial charge in [0.15, 0.2) is 0 Å². The molecule has 4 aromatic rings. The van der Waals surface area contributed by atoms with Crippen molar-refractivity contribution in [3.8, 4) is 0 Å². The van der Waals surface area contributed by atoms with Crippen LogP contribution in [0.3, 0.4) is 0 Å². The molecule has 0 saturated heterocycles. The van der Waals surface area contributed by atoms with Gasteiger partial charge in [0.25, 0.3) is 0 Å². The number of alkyl carbamates (subject to hydrolysis) is 1. The van der Waals surface area contributed by atoms with E-state index in [9.17, 15) is 19.5 Å². The van der Waals surface area contributed by atoms with Crippen LogP contribution in [0.5, 0.6) is 0 Å². The van der Waals surface area contributed by atoms with E-state index in [0.717, 1.165) is 16.7 Å². The Morgan fingerprint density at radius 1 is 0.660 bits per heavy atom. The van der Waals surface area contributed by atoms with Gasteiger partial charge in [0.05, 0.1) is 12.1 Å². The van der Waals surface area contributed by atoms with Crippen molar-refractivity contribution in [2.24, 2.45) is 5.92 Å². The van der Waals surface area contributed by atoms with Gasteiger partial charge in [-0.2, -0.15) is 0 Å². The van der Waals surface area contributed by atoms with Gasteiger partial charge in [0, 0.05) is 12.5 Å². The van der Waals surface area contributed by atoms with Gasteiger partial charge >= 0.3 is 6.09 Å². The maximum absolute atomic E-state index is 14.1. The fraction of sp³-hybridized carbons (Fsp3) is 0.308. The van der Waals surface area contributed by atoms with Crippen molar-refractivity contribution in [1.29, 1.82) is 0 Å². The van der Waals surface area contributed by atoms with Crippen LogP contribution in [0.1, 0.15) is 55.5 Å². The van der Waals surface area contributed by atoms with Crippen molar-refractivity contribution in [3.05, 3.63) is 144 Å². The Kier molecular flexibility index (Phi) is 12.7. The number of amides is 3. The number of rotatable bonds is 14. The predicted molar refractivity (Wildman–Crippen MR) is 183 cm³/mol. The van der Waals surface area contributed by atoms with Crippen LogP contribution >= 0.6 is 0 Å². The average molecular weight is 636 g/mol. The molecule has 0 aliphatic carbocycles. The number of nitrogens with one attached hydrogen (secondary N) is 3. The van der Waals surface area contributed by atoms with Gasteiger partial charge in [0.1, 0.15) is 11.6 Å². The van der Waals surface area contributed by atoms with Crippen LogP contribution in [-0.2, 0) is 33.7 Å². The lowest BCUT2D eigenvalue weighted by atomic mass is 9.88.